The van der Waals surface area contributed by atoms with E-state index >= 15 is 0 Å². The fourth-order valence-corrected chi connectivity index (χ4v) is 8.55. The monoisotopic (exact) mass is 676 g/mol. The smallest absolute Gasteiger partial charge is 0.270 e. The molecule has 2 saturated carbocycles. The van der Waals surface area contributed by atoms with E-state index in [1.165, 1.54) is 29.2 Å². The molecule has 2 heterocycles. The van der Waals surface area contributed by atoms with Crippen molar-refractivity contribution in [2.45, 2.75) is 86.6 Å². The van der Waals surface area contributed by atoms with E-state index in [2.05, 4.69) is 21.7 Å². The van der Waals surface area contributed by atoms with Crippen LogP contribution in [0.3, 0.4) is 0 Å². The molecule has 254 valence electrons. The Morgan fingerprint density at radius 3 is 2.56 bits per heavy atom. The predicted molar refractivity (Wildman–Crippen MR) is 179 cm³/mol. The number of aliphatic hydroxyl groups is 1. The largest absolute Gasteiger partial charge is 0.391 e. The van der Waals surface area contributed by atoms with Crippen molar-refractivity contribution in [2.75, 3.05) is 13.1 Å². The molecule has 0 bridgehead atoms. The van der Waals surface area contributed by atoms with Crippen molar-refractivity contribution < 1.29 is 32.3 Å². The molecule has 3 atom stereocenters. The minimum Gasteiger partial charge on any atom is -0.391 e. The highest BCUT2D eigenvalue weighted by atomic mass is 32.2. The van der Waals surface area contributed by atoms with Crippen molar-refractivity contribution in [3.8, 4) is 0 Å². The van der Waals surface area contributed by atoms with Crippen LogP contribution in [-0.4, -0.2) is 71.6 Å². The highest BCUT2D eigenvalue weighted by molar-refractivity contribution is 7.92. The number of amides is 3. The number of β-amino-alcohol motifs (C(OH)–C–C–N with tert-alkyl or cyclic N) is 1. The number of sulfone groups is 1. The Kier molecular flexibility index (Phi) is 9.93. The van der Waals surface area contributed by atoms with Crippen molar-refractivity contribution in [1.29, 1.82) is 0 Å². The number of pyridine rings is 1. The second-order valence-corrected chi connectivity index (χ2v) is 15.4. The Hall–Kier alpha value is -4.16. The number of hydrogen-bond acceptors (Lipinski definition) is 7. The number of carbonyl (C=O) groups is 3. The Labute approximate surface area is 279 Å². The van der Waals surface area contributed by atoms with Crippen LogP contribution in [0.4, 0.5) is 4.39 Å². The number of carbonyl (C=O) groups excluding carboxylic acids is 3. The van der Waals surface area contributed by atoms with Gasteiger partial charge in [-0.05, 0) is 86.1 Å². The molecule has 0 spiro atoms. The number of allylic oxidation sites excluding steroid dienone is 1. The third-order valence-electron chi connectivity index (χ3n) is 9.56. The molecule has 12 heteroatoms. The van der Waals surface area contributed by atoms with Crippen LogP contribution in [0.15, 0.2) is 59.5 Å². The molecule has 10 nitrogen and oxygen atoms in total. The van der Waals surface area contributed by atoms with Crippen molar-refractivity contribution in [2.24, 2.45) is 5.92 Å². The average Bonchev–Trinajstić information content (AvgIpc) is 3.84. The molecular weight excluding hydrogens is 635 g/mol. The first-order valence-electron chi connectivity index (χ1n) is 16.7. The fourth-order valence-electron chi connectivity index (χ4n) is 6.66. The van der Waals surface area contributed by atoms with Crippen LogP contribution in [0.25, 0.3) is 17.0 Å². The molecule has 1 aliphatic heterocycles. The molecule has 3 aromatic rings. The quantitative estimate of drug-likeness (QED) is 0.287. The van der Waals surface area contributed by atoms with Gasteiger partial charge < -0.3 is 20.6 Å². The van der Waals surface area contributed by atoms with E-state index < -0.39 is 58.1 Å². The molecule has 2 aromatic carbocycles. The first-order valence-corrected chi connectivity index (χ1v) is 18.2. The summed E-state index contributed by atoms with van der Waals surface area (Å²) in [7, 11) is -3.49. The Morgan fingerprint density at radius 2 is 1.81 bits per heavy atom. The molecular formula is C36H41FN4O6S. The molecule has 3 aliphatic rings. The van der Waals surface area contributed by atoms with Crippen LogP contribution in [0.1, 0.15) is 85.9 Å². The van der Waals surface area contributed by atoms with Gasteiger partial charge in [0.2, 0.25) is 11.8 Å². The summed E-state index contributed by atoms with van der Waals surface area (Å²) in [6.45, 7) is 1.32. The van der Waals surface area contributed by atoms with Crippen LogP contribution >= 0.6 is 0 Å². The maximum Gasteiger partial charge on any atom is 0.270 e. The molecule has 0 radical (unpaired) electrons. The lowest BCUT2D eigenvalue weighted by Crippen LogP contribution is -2.49. The van der Waals surface area contributed by atoms with Crippen molar-refractivity contribution in [1.82, 2.24) is 20.5 Å². The van der Waals surface area contributed by atoms with Gasteiger partial charge in [-0.3, -0.25) is 14.4 Å². The second-order valence-electron chi connectivity index (χ2n) is 13.2. The molecule has 3 N–H and O–H groups in total. The fraction of sp³-hybridized carbons (Fsp3) is 0.444. The van der Waals surface area contributed by atoms with Crippen LogP contribution < -0.4 is 10.6 Å². The molecule has 48 heavy (non-hydrogen) atoms. The zero-order chi connectivity index (χ0) is 34.0. The van der Waals surface area contributed by atoms with E-state index in [-0.39, 0.29) is 28.8 Å². The lowest BCUT2D eigenvalue weighted by atomic mass is 10.00. The molecule has 6 rings (SSSR count). The summed E-state index contributed by atoms with van der Waals surface area (Å²) in [6, 6.07) is 10.6. The summed E-state index contributed by atoms with van der Waals surface area (Å²) in [6.07, 6.45) is 9.53. The number of fused-ring (bicyclic) bond motifs is 1. The summed E-state index contributed by atoms with van der Waals surface area (Å²) >= 11 is 0. The SMILES string of the molecule is C[C@@H](NC(=O)[C@@H]1C[C@@H](O)CN1C(=O)CNC(=O)c1ccc2cc(F)ccc2n1)c1ccc(S(=O)(=O)C2CCCCC2)cc1/C=C/C1CC1. The van der Waals surface area contributed by atoms with Crippen molar-refractivity contribution in [3.05, 3.63) is 77.2 Å². The van der Waals surface area contributed by atoms with Crippen LogP contribution in [0.5, 0.6) is 0 Å². The Bertz CT molecular complexity index is 1850. The molecule has 3 fully saturated rings. The topological polar surface area (TPSA) is 146 Å². The van der Waals surface area contributed by atoms with Crippen LogP contribution in [0, 0.1) is 11.7 Å². The number of rotatable bonds is 10. The second kappa shape index (κ2) is 14.1. The average molecular weight is 677 g/mol. The molecule has 1 aromatic heterocycles. The Morgan fingerprint density at radius 1 is 1.04 bits per heavy atom. The van der Waals surface area contributed by atoms with Crippen molar-refractivity contribution in [3.63, 3.8) is 0 Å². The maximum atomic E-state index is 13.6. The lowest BCUT2D eigenvalue weighted by Gasteiger charge is -2.26. The van der Waals surface area contributed by atoms with E-state index in [1.807, 2.05) is 6.08 Å². The normalized spacial score (nSPS) is 21.0. The molecule has 2 aliphatic carbocycles. The van der Waals surface area contributed by atoms with Gasteiger partial charge in [-0.15, -0.1) is 0 Å². The van der Waals surface area contributed by atoms with Crippen molar-refractivity contribution >= 4 is 44.5 Å². The predicted octanol–water partition coefficient (Wildman–Crippen LogP) is 4.47. The van der Waals surface area contributed by atoms with Gasteiger partial charge in [0.1, 0.15) is 17.6 Å². The van der Waals surface area contributed by atoms with E-state index in [0.29, 0.717) is 29.7 Å². The number of nitrogens with zero attached hydrogens (tertiary/aromatic N) is 2. The number of benzene rings is 2. The van der Waals surface area contributed by atoms with Crippen LogP contribution in [0.2, 0.25) is 0 Å². The number of nitrogens with one attached hydrogen (secondary N) is 2. The van der Waals surface area contributed by atoms with Gasteiger partial charge in [0, 0.05) is 18.4 Å². The van der Waals surface area contributed by atoms with E-state index in [0.717, 1.165) is 43.2 Å². The van der Waals surface area contributed by atoms with Gasteiger partial charge in [-0.2, -0.15) is 0 Å². The number of hydrogen-bond donors (Lipinski definition) is 3. The lowest BCUT2D eigenvalue weighted by molar-refractivity contribution is -0.138. The zero-order valence-corrected chi connectivity index (χ0v) is 27.7. The van der Waals surface area contributed by atoms with Gasteiger partial charge in [0.05, 0.1) is 34.4 Å². The number of aromatic nitrogens is 1. The van der Waals surface area contributed by atoms with E-state index in [4.69, 9.17) is 0 Å². The van der Waals surface area contributed by atoms with Gasteiger partial charge >= 0.3 is 0 Å². The van der Waals surface area contributed by atoms with Gasteiger partial charge in [0.25, 0.3) is 5.91 Å². The van der Waals surface area contributed by atoms with E-state index in [1.54, 1.807) is 31.2 Å². The van der Waals surface area contributed by atoms with Gasteiger partial charge in [-0.25, -0.2) is 17.8 Å². The minimum atomic E-state index is -3.49. The number of aliphatic hydroxyl groups excluding tert-OH is 1. The van der Waals surface area contributed by atoms with Gasteiger partial charge in [-0.1, -0.05) is 43.5 Å². The maximum absolute atomic E-state index is 13.6. The molecule has 1 saturated heterocycles. The van der Waals surface area contributed by atoms with Gasteiger partial charge in [0.15, 0.2) is 9.84 Å². The third-order valence-corrected chi connectivity index (χ3v) is 11.8. The standard InChI is InChI=1S/C36H41FN4O6S/c1-22(30-14-13-29(18-24(30)10-9-23-7-8-23)48(46,47)28-5-3-2-4-6-28)39-36(45)33-19-27(42)21-41(33)34(43)20-38-35(44)32-15-11-25-17-26(37)12-16-31(25)40-32/h9-18,22-23,27-28,33,42H,2-8,19-21H2,1H3,(H,38,44)(H,39,45)/b10-9+/t22-,27-,33+/m1/s1. The first-order chi connectivity index (χ1) is 23.0. The molecule has 3 amide bonds. The minimum absolute atomic E-state index is 0.0358. The number of halogens is 1. The third kappa shape index (κ3) is 7.60. The summed E-state index contributed by atoms with van der Waals surface area (Å²) < 4.78 is 40.5. The first kappa shape index (κ1) is 33.7. The van der Waals surface area contributed by atoms with Crippen LogP contribution in [-0.2, 0) is 19.4 Å². The van der Waals surface area contributed by atoms with E-state index in [9.17, 15) is 32.3 Å². The highest BCUT2D eigenvalue weighted by Crippen LogP contribution is 2.34. The summed E-state index contributed by atoms with van der Waals surface area (Å²) in [5.74, 6) is -1.57. The highest BCUT2D eigenvalue weighted by Gasteiger charge is 2.39. The summed E-state index contributed by atoms with van der Waals surface area (Å²) in [5.41, 5.74) is 1.95. The Balaban J connectivity index is 1.13. The zero-order valence-electron chi connectivity index (χ0n) is 26.9. The summed E-state index contributed by atoms with van der Waals surface area (Å²) in [4.78, 5) is 45.3. The number of likely N-dealkylation sites (tertiary alicyclic amines) is 1. The summed E-state index contributed by atoms with van der Waals surface area (Å²) in [5, 5.41) is 16.1. The molecule has 0 unspecified atom stereocenters.